The van der Waals surface area contributed by atoms with E-state index in [1.807, 2.05) is 42.5 Å². The number of alkyl halides is 3. The summed E-state index contributed by atoms with van der Waals surface area (Å²) in [5.74, 6) is 0.420. The summed E-state index contributed by atoms with van der Waals surface area (Å²) in [5, 5.41) is 9.92. The normalized spacial score (nSPS) is 18.4. The Morgan fingerprint density at radius 2 is 1.70 bits per heavy atom. The number of nitrogens with zero attached hydrogens (tertiary/aromatic N) is 4. The quantitative estimate of drug-likeness (QED) is 0.296. The monoisotopic (exact) mass is 587 g/mol. The summed E-state index contributed by atoms with van der Waals surface area (Å²) in [4.78, 5) is 4.01. The molecule has 12 heteroatoms. The van der Waals surface area contributed by atoms with Crippen LogP contribution in [0.3, 0.4) is 0 Å². The Bertz CT molecular complexity index is 1560. The molecule has 5 rings (SSSR count). The van der Waals surface area contributed by atoms with E-state index in [0.717, 1.165) is 41.8 Å². The van der Waals surface area contributed by atoms with Crippen LogP contribution in [0.1, 0.15) is 41.9 Å². The second-order valence-electron chi connectivity index (χ2n) is 9.34. The number of benzene rings is 3. The van der Waals surface area contributed by atoms with Crippen LogP contribution in [-0.4, -0.2) is 44.0 Å². The molecule has 0 spiro atoms. The Morgan fingerprint density at radius 1 is 1.00 bits per heavy atom. The molecule has 1 atom stereocenters. The smallest absolute Gasteiger partial charge is 0.312 e. The van der Waals surface area contributed by atoms with Gasteiger partial charge in [0.15, 0.2) is 0 Å². The predicted molar refractivity (Wildman–Crippen MR) is 149 cm³/mol. The lowest BCUT2D eigenvalue weighted by Gasteiger charge is -2.32. The molecule has 2 heterocycles. The zero-order valence-corrected chi connectivity index (χ0v) is 22.7. The molecule has 0 aromatic heterocycles. The highest BCUT2D eigenvalue weighted by atomic mass is 35.5. The number of sulfonamides is 1. The zero-order chi connectivity index (χ0) is 28.3. The molecule has 2 aliphatic rings. The van der Waals surface area contributed by atoms with E-state index in [1.165, 1.54) is 5.01 Å². The molecular weight excluding hydrogens is 563 g/mol. The van der Waals surface area contributed by atoms with Crippen LogP contribution in [-0.2, 0) is 16.2 Å². The van der Waals surface area contributed by atoms with Crippen LogP contribution >= 0.6 is 11.6 Å². The van der Waals surface area contributed by atoms with Crippen LogP contribution in [0.2, 0.25) is 5.02 Å². The van der Waals surface area contributed by atoms with Gasteiger partial charge >= 0.3 is 6.18 Å². The first-order valence-electron chi connectivity index (χ1n) is 12.6. The SMILES string of the molecule is O=S(=O)(/N=C(\NC1=NCCC1)N1CCC(c2ccccc2)C(c2ccc(Cl)cc2)=N1)c1ccc(C(F)(F)F)cc1. The molecular formula is C28H25ClF3N5O2S. The summed E-state index contributed by atoms with van der Waals surface area (Å²) < 4.78 is 69.6. The van der Waals surface area contributed by atoms with Crippen molar-refractivity contribution >= 4 is 39.1 Å². The molecule has 1 N–H and O–H groups in total. The second-order valence-corrected chi connectivity index (χ2v) is 11.4. The van der Waals surface area contributed by atoms with Gasteiger partial charge < -0.3 is 5.32 Å². The van der Waals surface area contributed by atoms with Gasteiger partial charge in [-0.25, -0.2) is 5.01 Å². The molecule has 3 aromatic rings. The van der Waals surface area contributed by atoms with Crippen molar-refractivity contribution in [3.63, 3.8) is 0 Å². The molecule has 2 aliphatic heterocycles. The van der Waals surface area contributed by atoms with Crippen molar-refractivity contribution in [3.05, 3.63) is 101 Å². The van der Waals surface area contributed by atoms with E-state index in [9.17, 15) is 21.6 Å². The van der Waals surface area contributed by atoms with Gasteiger partial charge in [-0.3, -0.25) is 4.99 Å². The molecule has 0 bridgehead atoms. The minimum atomic E-state index is -4.59. The van der Waals surface area contributed by atoms with E-state index in [1.54, 1.807) is 12.1 Å². The number of hydrogen-bond donors (Lipinski definition) is 1. The lowest BCUT2D eigenvalue weighted by Crippen LogP contribution is -2.45. The van der Waals surface area contributed by atoms with Gasteiger partial charge in [-0.05, 0) is 60.4 Å². The van der Waals surface area contributed by atoms with Gasteiger partial charge in [0.1, 0.15) is 5.84 Å². The Hall–Kier alpha value is -3.70. The predicted octanol–water partition coefficient (Wildman–Crippen LogP) is 6.08. The summed E-state index contributed by atoms with van der Waals surface area (Å²) in [6.45, 7) is 0.926. The Morgan fingerprint density at radius 3 is 2.33 bits per heavy atom. The highest BCUT2D eigenvalue weighted by Gasteiger charge is 2.32. The third-order valence-electron chi connectivity index (χ3n) is 6.59. The second kappa shape index (κ2) is 11.4. The minimum Gasteiger partial charge on any atom is -0.312 e. The fourth-order valence-electron chi connectivity index (χ4n) is 4.57. The third-order valence-corrected chi connectivity index (χ3v) is 8.12. The highest BCUT2D eigenvalue weighted by molar-refractivity contribution is 7.90. The Balaban J connectivity index is 1.56. The standard InChI is InChI=1S/C28H25ClF3N5O2S/c29-22-12-8-20(9-13-22)26-24(19-5-2-1-3-6-19)16-18-37(35-26)27(34-25-7-4-17-33-25)36-40(38,39)23-14-10-21(11-15-23)28(30,31)32/h1-3,5-6,8-15,24H,4,7,16-18H2,(H,33,34,36). The number of amidine groups is 1. The first-order valence-corrected chi connectivity index (χ1v) is 14.4. The number of hydrazone groups is 1. The van der Waals surface area contributed by atoms with Crippen LogP contribution in [0.5, 0.6) is 0 Å². The molecule has 0 radical (unpaired) electrons. The largest absolute Gasteiger partial charge is 0.416 e. The first kappa shape index (κ1) is 27.9. The van der Waals surface area contributed by atoms with Crippen molar-refractivity contribution in [2.75, 3.05) is 13.1 Å². The topological polar surface area (TPSA) is 86.5 Å². The molecule has 0 saturated heterocycles. The van der Waals surface area contributed by atoms with Gasteiger partial charge in [0.25, 0.3) is 10.0 Å². The van der Waals surface area contributed by atoms with E-state index >= 15 is 0 Å². The van der Waals surface area contributed by atoms with E-state index in [0.29, 0.717) is 42.5 Å². The summed E-state index contributed by atoms with van der Waals surface area (Å²) in [6, 6.07) is 20.3. The van der Waals surface area contributed by atoms with Crippen molar-refractivity contribution in [2.45, 2.75) is 36.3 Å². The highest BCUT2D eigenvalue weighted by Crippen LogP contribution is 2.32. The molecule has 0 amide bonds. The number of guanidine groups is 1. The minimum absolute atomic E-state index is 0.0708. The lowest BCUT2D eigenvalue weighted by atomic mass is 9.86. The van der Waals surface area contributed by atoms with Gasteiger partial charge in [0.05, 0.1) is 16.2 Å². The van der Waals surface area contributed by atoms with Crippen LogP contribution in [0.4, 0.5) is 13.2 Å². The molecule has 7 nitrogen and oxygen atoms in total. The molecule has 0 aliphatic carbocycles. The van der Waals surface area contributed by atoms with Gasteiger partial charge in [-0.1, -0.05) is 54.1 Å². The molecule has 40 heavy (non-hydrogen) atoms. The average molecular weight is 588 g/mol. The summed E-state index contributed by atoms with van der Waals surface area (Å²) in [5.41, 5.74) is 1.61. The number of halogens is 4. The number of rotatable bonds is 4. The number of hydrogen-bond acceptors (Lipinski definition) is 4. The van der Waals surface area contributed by atoms with Crippen LogP contribution in [0, 0.1) is 0 Å². The van der Waals surface area contributed by atoms with E-state index in [2.05, 4.69) is 14.7 Å². The Kier molecular flexibility index (Phi) is 7.95. The number of nitrogens with one attached hydrogen (secondary N) is 1. The molecule has 3 aromatic carbocycles. The van der Waals surface area contributed by atoms with Crippen molar-refractivity contribution in [3.8, 4) is 0 Å². The molecule has 1 unspecified atom stereocenters. The summed E-state index contributed by atoms with van der Waals surface area (Å²) in [7, 11) is -4.39. The summed E-state index contributed by atoms with van der Waals surface area (Å²) >= 11 is 6.12. The zero-order valence-electron chi connectivity index (χ0n) is 21.1. The van der Waals surface area contributed by atoms with Crippen molar-refractivity contribution in [2.24, 2.45) is 14.5 Å². The third kappa shape index (κ3) is 6.37. The fraction of sp³-hybridized carbons (Fsp3) is 0.250. The maximum Gasteiger partial charge on any atom is 0.416 e. The average Bonchev–Trinajstić information content (AvgIpc) is 3.46. The van der Waals surface area contributed by atoms with Crippen LogP contribution in [0.25, 0.3) is 0 Å². The molecule has 208 valence electrons. The maximum atomic E-state index is 13.3. The van der Waals surface area contributed by atoms with Gasteiger partial charge in [0.2, 0.25) is 5.96 Å². The van der Waals surface area contributed by atoms with E-state index in [-0.39, 0.29) is 16.8 Å². The van der Waals surface area contributed by atoms with Crippen LogP contribution < -0.4 is 5.32 Å². The van der Waals surface area contributed by atoms with E-state index in [4.69, 9.17) is 16.7 Å². The molecule has 0 saturated carbocycles. The van der Waals surface area contributed by atoms with E-state index < -0.39 is 21.8 Å². The van der Waals surface area contributed by atoms with Crippen LogP contribution in [0.15, 0.2) is 98.2 Å². The van der Waals surface area contributed by atoms with Crippen molar-refractivity contribution < 1.29 is 21.6 Å². The Labute approximate surface area is 235 Å². The van der Waals surface area contributed by atoms with Gasteiger partial charge in [0, 0.05) is 30.5 Å². The summed E-state index contributed by atoms with van der Waals surface area (Å²) in [6.07, 6.45) is -2.59. The van der Waals surface area contributed by atoms with Crippen molar-refractivity contribution in [1.82, 2.24) is 10.3 Å². The lowest BCUT2D eigenvalue weighted by molar-refractivity contribution is -0.137. The number of aliphatic imine (C=N–C) groups is 1. The first-order chi connectivity index (χ1) is 19.1. The molecule has 0 fully saturated rings. The fourth-order valence-corrected chi connectivity index (χ4v) is 5.65. The van der Waals surface area contributed by atoms with Gasteiger partial charge in [-0.2, -0.15) is 26.7 Å². The van der Waals surface area contributed by atoms with Gasteiger partial charge in [-0.15, -0.1) is 4.40 Å². The maximum absolute atomic E-state index is 13.3. The van der Waals surface area contributed by atoms with Crippen molar-refractivity contribution in [1.29, 1.82) is 0 Å².